The molecule has 0 radical (unpaired) electrons. The van der Waals surface area contributed by atoms with Gasteiger partial charge in [0.2, 0.25) is 5.60 Å². The average Bonchev–Trinajstić information content (AvgIpc) is 3.30. The van der Waals surface area contributed by atoms with Crippen LogP contribution in [0.3, 0.4) is 0 Å². The molecule has 4 aliphatic rings. The zero-order chi connectivity index (χ0) is 32.2. The molecule has 1 unspecified atom stereocenters. The van der Waals surface area contributed by atoms with E-state index >= 15 is 4.39 Å². The molecule has 3 saturated carbocycles. The lowest BCUT2D eigenvalue weighted by Gasteiger charge is -2.62. The van der Waals surface area contributed by atoms with Gasteiger partial charge in [-0.25, -0.2) is 14.0 Å². The minimum atomic E-state index is -2.13. The predicted octanol–water partition coefficient (Wildman–Crippen LogP) is 5.88. The van der Waals surface area contributed by atoms with Crippen LogP contribution in [-0.2, 0) is 19.1 Å². The number of fused-ring (bicyclic) bond motifs is 5. The van der Waals surface area contributed by atoms with Crippen LogP contribution in [0.15, 0.2) is 82.1 Å². The Morgan fingerprint density at radius 1 is 1.13 bits per heavy atom. The number of nitriles is 1. The normalized spacial score (nSPS) is 34.9. The van der Waals surface area contributed by atoms with Gasteiger partial charge in [0.25, 0.3) is 0 Å². The zero-order valence-electron chi connectivity index (χ0n) is 25.0. The van der Waals surface area contributed by atoms with Gasteiger partial charge in [-0.05, 0) is 87.4 Å². The second-order valence-electron chi connectivity index (χ2n) is 12.9. The molecular formula is C35H34FNO7S. The molecule has 2 aromatic carbocycles. The molecule has 45 heavy (non-hydrogen) atoms. The van der Waals surface area contributed by atoms with Gasteiger partial charge in [-0.3, -0.25) is 4.79 Å². The maximum Gasteiger partial charge on any atom is 0.352 e. The molecule has 8 nitrogen and oxygen atoms in total. The highest BCUT2D eigenvalue weighted by Crippen LogP contribution is 2.70. The van der Waals surface area contributed by atoms with Crippen molar-refractivity contribution in [2.75, 3.05) is 6.61 Å². The van der Waals surface area contributed by atoms with Crippen molar-refractivity contribution in [3.8, 4) is 11.8 Å². The molecule has 2 aromatic rings. The first-order valence-electron chi connectivity index (χ1n) is 15.0. The number of esters is 2. The Morgan fingerprint density at radius 2 is 1.89 bits per heavy atom. The molecular weight excluding hydrogens is 597 g/mol. The second kappa shape index (κ2) is 11.1. The summed E-state index contributed by atoms with van der Waals surface area (Å²) >= 11 is 1.32. The number of alkyl halides is 1. The molecule has 0 saturated heterocycles. The largest absolute Gasteiger partial charge is 0.507 e. The van der Waals surface area contributed by atoms with Crippen LogP contribution in [0.2, 0.25) is 0 Å². The zero-order valence-corrected chi connectivity index (χ0v) is 25.8. The standard InChI is InChI=1S/C35H34FNO7S/c1-32-14-12-23(38)19-22(32)9-10-26-25-13-15-34(31(42)43-17-16-37,33(25,2)20-29(40)35(26,32)36)44-30(41)21-8-11-28(27(39)18-21)45-24-6-4-3-5-7-24/h3-8,11-12,14,18-19,25-26,29,39-40H,9-10,13,15,17,20H2,1-2H3/t25-,26-,29-,32-,33-,34+,35?/m0/s1. The Morgan fingerprint density at radius 3 is 2.60 bits per heavy atom. The van der Waals surface area contributed by atoms with Crippen LogP contribution >= 0.6 is 11.8 Å². The Bertz CT molecular complexity index is 1670. The SMILES string of the molecule is C[C@]12C=CC(=O)C=C1CC[C@H]1[C@@H]3CC[C@@](OC(=O)c4ccc(Sc5ccccc5)c(O)c4)(C(=O)OCC#N)[C@@]3(C)C[C@H](O)C12F. The highest BCUT2D eigenvalue weighted by atomic mass is 32.2. The van der Waals surface area contributed by atoms with Gasteiger partial charge in [0.05, 0.1) is 16.6 Å². The molecule has 0 bridgehead atoms. The van der Waals surface area contributed by atoms with E-state index in [2.05, 4.69) is 0 Å². The number of phenols is 1. The third-order valence-electron chi connectivity index (χ3n) is 10.8. The number of hydrogen-bond donors (Lipinski definition) is 2. The van der Waals surface area contributed by atoms with Gasteiger partial charge < -0.3 is 19.7 Å². The number of halogens is 1. The number of benzene rings is 2. The van der Waals surface area contributed by atoms with E-state index in [1.54, 1.807) is 32.1 Å². The van der Waals surface area contributed by atoms with Gasteiger partial charge in [-0.1, -0.05) is 48.5 Å². The molecule has 0 heterocycles. The number of ether oxygens (including phenoxy) is 2. The summed E-state index contributed by atoms with van der Waals surface area (Å²) in [5, 5.41) is 31.6. The fourth-order valence-electron chi connectivity index (χ4n) is 8.52. The van der Waals surface area contributed by atoms with Crippen molar-refractivity contribution in [3.05, 3.63) is 77.9 Å². The number of ketones is 1. The number of rotatable bonds is 6. The second-order valence-corrected chi connectivity index (χ2v) is 14.0. The Balaban J connectivity index is 1.34. The van der Waals surface area contributed by atoms with E-state index in [-0.39, 0.29) is 29.9 Å². The maximum atomic E-state index is 17.5. The summed E-state index contributed by atoms with van der Waals surface area (Å²) in [4.78, 5) is 41.1. The van der Waals surface area contributed by atoms with Crippen LogP contribution < -0.4 is 0 Å². The number of aliphatic hydroxyl groups excluding tert-OH is 1. The first-order valence-corrected chi connectivity index (χ1v) is 15.9. The van der Waals surface area contributed by atoms with Crippen LogP contribution in [0.1, 0.15) is 56.3 Å². The van der Waals surface area contributed by atoms with E-state index < -0.39 is 58.6 Å². The van der Waals surface area contributed by atoms with Crippen molar-refractivity contribution in [2.24, 2.45) is 22.7 Å². The Hall–Kier alpha value is -3.94. The van der Waals surface area contributed by atoms with E-state index in [1.165, 1.54) is 36.0 Å². The van der Waals surface area contributed by atoms with Crippen LogP contribution in [0.5, 0.6) is 5.75 Å². The van der Waals surface area contributed by atoms with Crippen LogP contribution in [-0.4, -0.2) is 51.9 Å². The first kappa shape index (κ1) is 31.1. The number of carbonyl (C=O) groups is 3. The molecule has 6 rings (SSSR count). The van der Waals surface area contributed by atoms with Crippen LogP contribution in [0, 0.1) is 34.0 Å². The lowest BCUT2D eigenvalue weighted by molar-refractivity contribution is -0.224. The molecule has 2 N–H and O–H groups in total. The van der Waals surface area contributed by atoms with Gasteiger partial charge in [-0.15, -0.1) is 0 Å². The molecule has 7 atom stereocenters. The summed E-state index contributed by atoms with van der Waals surface area (Å²) in [7, 11) is 0. The Kier molecular flexibility index (Phi) is 7.69. The third kappa shape index (κ3) is 4.62. The molecule has 234 valence electrons. The van der Waals surface area contributed by atoms with Gasteiger partial charge in [0.15, 0.2) is 18.1 Å². The molecule has 3 fully saturated rings. The summed E-state index contributed by atoms with van der Waals surface area (Å²) in [5.41, 5.74) is -5.88. The summed E-state index contributed by atoms with van der Waals surface area (Å²) in [6.45, 7) is 2.85. The summed E-state index contributed by atoms with van der Waals surface area (Å²) in [6, 6.07) is 15.5. The smallest absolute Gasteiger partial charge is 0.352 e. The quantitative estimate of drug-likeness (QED) is 0.375. The lowest BCUT2D eigenvalue weighted by atomic mass is 9.45. The van der Waals surface area contributed by atoms with E-state index in [1.807, 2.05) is 30.3 Å². The number of carbonyl (C=O) groups excluding carboxylic acids is 3. The lowest BCUT2D eigenvalue weighted by Crippen LogP contribution is -2.69. The van der Waals surface area contributed by atoms with Gasteiger partial charge in [-0.2, -0.15) is 5.26 Å². The van der Waals surface area contributed by atoms with Crippen molar-refractivity contribution < 1.29 is 38.5 Å². The van der Waals surface area contributed by atoms with Gasteiger partial charge in [0.1, 0.15) is 11.8 Å². The molecule has 0 aromatic heterocycles. The first-order chi connectivity index (χ1) is 21.4. The van der Waals surface area contributed by atoms with Gasteiger partial charge in [0, 0.05) is 21.6 Å². The summed E-state index contributed by atoms with van der Waals surface area (Å²) in [5.74, 6) is -3.39. The maximum absolute atomic E-state index is 17.5. The monoisotopic (exact) mass is 631 g/mol. The fraction of sp³-hybridized carbons (Fsp3) is 0.429. The van der Waals surface area contributed by atoms with Crippen LogP contribution in [0.25, 0.3) is 0 Å². The Labute approximate surface area is 264 Å². The van der Waals surface area contributed by atoms with Crippen molar-refractivity contribution in [3.63, 3.8) is 0 Å². The topological polar surface area (TPSA) is 134 Å². The number of phenolic OH excluding ortho intramolecular Hbond substituents is 1. The summed E-state index contributed by atoms with van der Waals surface area (Å²) < 4.78 is 28.9. The number of allylic oxidation sites excluding steroid dienone is 4. The van der Waals surface area contributed by atoms with E-state index in [0.717, 1.165) is 4.90 Å². The number of aliphatic hydroxyl groups is 1. The number of aromatic hydroxyl groups is 1. The molecule has 4 aliphatic carbocycles. The predicted molar refractivity (Wildman–Crippen MR) is 162 cm³/mol. The van der Waals surface area contributed by atoms with Crippen molar-refractivity contribution in [1.29, 1.82) is 5.26 Å². The average molecular weight is 632 g/mol. The molecule has 10 heteroatoms. The van der Waals surface area contributed by atoms with Gasteiger partial charge >= 0.3 is 11.9 Å². The van der Waals surface area contributed by atoms with E-state index in [0.29, 0.717) is 29.7 Å². The number of hydrogen-bond acceptors (Lipinski definition) is 9. The van der Waals surface area contributed by atoms with Crippen molar-refractivity contribution in [2.45, 2.75) is 73.1 Å². The highest BCUT2D eigenvalue weighted by Gasteiger charge is 2.76. The van der Waals surface area contributed by atoms with E-state index in [9.17, 15) is 24.6 Å². The third-order valence-corrected chi connectivity index (χ3v) is 11.9. The van der Waals surface area contributed by atoms with Crippen molar-refractivity contribution in [1.82, 2.24) is 0 Å². The minimum Gasteiger partial charge on any atom is -0.507 e. The summed E-state index contributed by atoms with van der Waals surface area (Å²) in [6.07, 6.45) is 3.66. The molecule has 0 aliphatic heterocycles. The van der Waals surface area contributed by atoms with E-state index in [4.69, 9.17) is 14.7 Å². The minimum absolute atomic E-state index is 0.00224. The van der Waals surface area contributed by atoms with Crippen molar-refractivity contribution >= 4 is 29.5 Å². The van der Waals surface area contributed by atoms with Crippen LogP contribution in [0.4, 0.5) is 4.39 Å². The fourth-order valence-corrected chi connectivity index (χ4v) is 9.37. The molecule has 0 spiro atoms. The number of nitrogens with zero attached hydrogens (tertiary/aromatic N) is 1. The highest BCUT2D eigenvalue weighted by molar-refractivity contribution is 7.99. The molecule has 0 amide bonds.